The van der Waals surface area contributed by atoms with Crippen molar-refractivity contribution in [1.29, 1.82) is 0 Å². The minimum atomic E-state index is -4.14. The highest BCUT2D eigenvalue weighted by Crippen LogP contribution is 2.53. The normalized spacial score (nSPS) is 18.8. The minimum absolute atomic E-state index is 0.0283. The maximum absolute atomic E-state index is 13.7. The molecule has 2 aliphatic rings. The molecule has 6 nitrogen and oxygen atoms in total. The Morgan fingerprint density at radius 1 is 1.17 bits per heavy atom. The highest BCUT2D eigenvalue weighted by atomic mass is 19.4. The smallest absolute Gasteiger partial charge is 0.395 e. The number of halogens is 3. The maximum atomic E-state index is 13.7. The van der Waals surface area contributed by atoms with Crippen molar-refractivity contribution in [2.45, 2.75) is 77.9 Å². The number of hydrogen-bond acceptors (Lipinski definition) is 4. The van der Waals surface area contributed by atoms with Gasteiger partial charge in [-0.05, 0) is 84.0 Å². The zero-order valence-corrected chi connectivity index (χ0v) is 24.4. The van der Waals surface area contributed by atoms with Gasteiger partial charge in [0.25, 0.3) is 5.56 Å². The van der Waals surface area contributed by atoms with Gasteiger partial charge >= 0.3 is 6.18 Å². The summed E-state index contributed by atoms with van der Waals surface area (Å²) in [5.74, 6) is 0.749. The Bertz CT molecular complexity index is 1480. The van der Waals surface area contributed by atoms with Gasteiger partial charge in [-0.1, -0.05) is 24.6 Å². The van der Waals surface area contributed by atoms with Gasteiger partial charge in [-0.15, -0.1) is 0 Å². The van der Waals surface area contributed by atoms with E-state index in [-0.39, 0.29) is 49.6 Å². The van der Waals surface area contributed by atoms with Gasteiger partial charge in [0.15, 0.2) is 5.78 Å². The molecule has 1 aliphatic carbocycles. The first-order valence-corrected chi connectivity index (χ1v) is 14.6. The van der Waals surface area contributed by atoms with Crippen LogP contribution < -0.4 is 10.3 Å². The second-order valence-electron chi connectivity index (χ2n) is 12.1. The van der Waals surface area contributed by atoms with Crippen LogP contribution in [0.2, 0.25) is 0 Å². The number of aromatic amines is 1. The third-order valence-corrected chi connectivity index (χ3v) is 9.65. The Morgan fingerprint density at radius 2 is 1.85 bits per heavy atom. The van der Waals surface area contributed by atoms with Crippen molar-refractivity contribution < 1.29 is 22.7 Å². The number of methoxy groups -OCH3 is 1. The molecule has 0 unspecified atom stereocenters. The predicted molar refractivity (Wildman–Crippen MR) is 154 cm³/mol. The lowest BCUT2D eigenvalue weighted by Gasteiger charge is -2.47. The number of ether oxygens (including phenoxy) is 1. The number of H-pyrrole nitrogens is 1. The van der Waals surface area contributed by atoms with E-state index < -0.39 is 11.6 Å². The van der Waals surface area contributed by atoms with Gasteiger partial charge in [0.1, 0.15) is 5.75 Å². The van der Waals surface area contributed by atoms with Crippen molar-refractivity contribution in [2.75, 3.05) is 26.7 Å². The molecule has 2 aromatic heterocycles. The summed E-state index contributed by atoms with van der Waals surface area (Å²) in [6.45, 7) is 7.34. The molecule has 0 radical (unpaired) electrons. The van der Waals surface area contributed by atoms with Gasteiger partial charge in [-0.25, -0.2) is 0 Å². The van der Waals surface area contributed by atoms with Gasteiger partial charge in [-0.2, -0.15) is 13.2 Å². The van der Waals surface area contributed by atoms with Crippen LogP contribution in [0.3, 0.4) is 0 Å². The maximum Gasteiger partial charge on any atom is 0.395 e. The molecule has 0 spiro atoms. The highest BCUT2D eigenvalue weighted by molar-refractivity contribution is 6.09. The summed E-state index contributed by atoms with van der Waals surface area (Å²) in [5, 5.41) is 0.890. The first-order chi connectivity index (χ1) is 19.5. The number of Topliss-reactive ketones (excluding diaryl/α,β-unsaturated/α-hetero) is 1. The molecule has 3 heterocycles. The number of fused-ring (bicyclic) bond motifs is 1. The second kappa shape index (κ2) is 11.3. The van der Waals surface area contributed by atoms with Crippen LogP contribution in [0.1, 0.15) is 78.8 Å². The number of rotatable bonds is 9. The van der Waals surface area contributed by atoms with Crippen molar-refractivity contribution in [3.05, 3.63) is 63.2 Å². The van der Waals surface area contributed by atoms with E-state index in [0.717, 1.165) is 29.4 Å². The van der Waals surface area contributed by atoms with Crippen LogP contribution in [-0.2, 0) is 6.42 Å². The standard InChI is InChI=1S/C32H40F3N3O3/c1-20-18-28(41-4)25(30(40)36-20)10-11-27(39)29-22(3)38(26-9-6-5-8-24(26)29)21(2)23-12-16-37(17-13-23)19-31(14-7-15-31)32(33,34)35/h5-6,8-9,18,21,23H,7,10-17,19H2,1-4H3,(H,36,40)/t21-/m1/s1. The highest BCUT2D eigenvalue weighted by Gasteiger charge is 2.58. The zero-order chi connectivity index (χ0) is 29.5. The monoisotopic (exact) mass is 571 g/mol. The lowest BCUT2D eigenvalue weighted by Crippen LogP contribution is -2.53. The number of aromatic nitrogens is 2. The Balaban J connectivity index is 1.33. The van der Waals surface area contributed by atoms with Gasteiger partial charge in [-0.3, -0.25) is 9.59 Å². The Kier molecular flexibility index (Phi) is 8.12. The molecular formula is C32H40F3N3O3. The summed E-state index contributed by atoms with van der Waals surface area (Å²) >= 11 is 0. The molecule has 0 amide bonds. The number of hydrogen-bond donors (Lipinski definition) is 1. The molecule has 1 aromatic carbocycles. The van der Waals surface area contributed by atoms with E-state index in [9.17, 15) is 22.8 Å². The van der Waals surface area contributed by atoms with Gasteiger partial charge < -0.3 is 19.2 Å². The molecule has 1 aliphatic heterocycles. The summed E-state index contributed by atoms with van der Waals surface area (Å²) in [4.78, 5) is 31.0. The average molecular weight is 572 g/mol. The summed E-state index contributed by atoms with van der Waals surface area (Å²) in [6.07, 6.45) is -0.928. The summed E-state index contributed by atoms with van der Waals surface area (Å²) < 4.78 is 48.9. The molecule has 1 N–H and O–H groups in total. The molecular weight excluding hydrogens is 531 g/mol. The molecule has 41 heavy (non-hydrogen) atoms. The van der Waals surface area contributed by atoms with Crippen molar-refractivity contribution in [1.82, 2.24) is 14.5 Å². The van der Waals surface area contributed by atoms with E-state index in [4.69, 9.17) is 4.74 Å². The molecule has 5 rings (SSSR count). The summed E-state index contributed by atoms with van der Waals surface area (Å²) in [7, 11) is 1.52. The molecule has 1 saturated carbocycles. The number of piperidine rings is 1. The van der Waals surface area contributed by atoms with Crippen LogP contribution in [0.25, 0.3) is 10.9 Å². The third-order valence-electron chi connectivity index (χ3n) is 9.65. The molecule has 1 saturated heterocycles. The first-order valence-electron chi connectivity index (χ1n) is 14.6. The molecule has 0 bridgehead atoms. The zero-order valence-electron chi connectivity index (χ0n) is 24.4. The number of para-hydroxylation sites is 1. The number of benzene rings is 1. The summed E-state index contributed by atoms with van der Waals surface area (Å²) in [5.41, 5.74) is 1.94. The number of carbonyl (C=O) groups is 1. The first kappa shape index (κ1) is 29.4. The second-order valence-corrected chi connectivity index (χ2v) is 12.1. The van der Waals surface area contributed by atoms with Crippen molar-refractivity contribution in [2.24, 2.45) is 11.3 Å². The van der Waals surface area contributed by atoms with Crippen LogP contribution in [0.4, 0.5) is 13.2 Å². The van der Waals surface area contributed by atoms with Gasteiger partial charge in [0, 0.05) is 46.9 Å². The molecule has 222 valence electrons. The number of ketones is 1. The molecule has 3 aromatic rings. The minimum Gasteiger partial charge on any atom is -0.496 e. The molecule has 2 fully saturated rings. The number of pyridine rings is 1. The Hall–Kier alpha value is -3.07. The van der Waals surface area contributed by atoms with E-state index >= 15 is 0 Å². The van der Waals surface area contributed by atoms with E-state index in [2.05, 4.69) is 16.5 Å². The number of likely N-dealkylation sites (tertiary alicyclic amines) is 1. The van der Waals surface area contributed by atoms with Crippen LogP contribution in [0.5, 0.6) is 5.75 Å². The lowest BCUT2D eigenvalue weighted by atomic mass is 9.67. The third kappa shape index (κ3) is 5.45. The predicted octanol–water partition coefficient (Wildman–Crippen LogP) is 6.78. The van der Waals surface area contributed by atoms with Crippen molar-refractivity contribution in [3.8, 4) is 5.75 Å². The van der Waals surface area contributed by atoms with E-state index in [1.165, 1.54) is 7.11 Å². The number of alkyl halides is 3. The SMILES string of the molecule is COc1cc(C)[nH]c(=O)c1CCC(=O)c1c(C)n([C@H](C)C2CCN(CC3(C(F)(F)F)CCC3)CC2)c2ccccc12. The van der Waals surface area contributed by atoms with E-state index in [0.29, 0.717) is 48.0 Å². The number of nitrogens with one attached hydrogen (secondary N) is 1. The Labute approximate surface area is 238 Å². The quantitative estimate of drug-likeness (QED) is 0.288. The van der Waals surface area contributed by atoms with Gasteiger partial charge in [0.05, 0.1) is 18.1 Å². The van der Waals surface area contributed by atoms with Crippen LogP contribution >= 0.6 is 0 Å². The van der Waals surface area contributed by atoms with Crippen molar-refractivity contribution in [3.63, 3.8) is 0 Å². The van der Waals surface area contributed by atoms with E-state index in [1.807, 2.05) is 36.1 Å². The number of nitrogens with zero attached hydrogens (tertiary/aromatic N) is 2. The largest absolute Gasteiger partial charge is 0.496 e. The Morgan fingerprint density at radius 3 is 2.46 bits per heavy atom. The fourth-order valence-corrected chi connectivity index (χ4v) is 7.10. The molecule has 1 atom stereocenters. The van der Waals surface area contributed by atoms with Crippen molar-refractivity contribution >= 4 is 16.7 Å². The topological polar surface area (TPSA) is 67.3 Å². The van der Waals surface area contributed by atoms with Crippen LogP contribution in [0.15, 0.2) is 35.1 Å². The van der Waals surface area contributed by atoms with E-state index in [1.54, 1.807) is 13.0 Å². The molecule has 9 heteroatoms. The number of carbonyl (C=O) groups excluding carboxylic acids is 1. The lowest BCUT2D eigenvalue weighted by molar-refractivity contribution is -0.256. The van der Waals surface area contributed by atoms with Crippen LogP contribution in [-0.4, -0.2) is 53.2 Å². The fraction of sp³-hybridized carbons (Fsp3) is 0.562. The van der Waals surface area contributed by atoms with Gasteiger partial charge in [0.2, 0.25) is 0 Å². The fourth-order valence-electron chi connectivity index (χ4n) is 7.10. The average Bonchev–Trinajstić information content (AvgIpc) is 3.20. The number of aryl methyl sites for hydroxylation is 1. The van der Waals surface area contributed by atoms with Crippen LogP contribution in [0, 0.1) is 25.2 Å². The summed E-state index contributed by atoms with van der Waals surface area (Å²) in [6, 6.07) is 9.74.